The summed E-state index contributed by atoms with van der Waals surface area (Å²) in [5.41, 5.74) is 0. The summed E-state index contributed by atoms with van der Waals surface area (Å²) in [5.74, 6) is 0. The van der Waals surface area contributed by atoms with Crippen molar-refractivity contribution in [2.45, 2.75) is 32.3 Å². The molecule has 0 aromatic rings. The van der Waals surface area contributed by atoms with Gasteiger partial charge in [0.1, 0.15) is 0 Å². The third kappa shape index (κ3) is 7.61. The zero-order valence-electron chi connectivity index (χ0n) is 7.77. The van der Waals surface area contributed by atoms with Crippen LogP contribution in [0.15, 0.2) is 0 Å². The normalized spacial score (nSPS) is 39.2. The predicted molar refractivity (Wildman–Crippen MR) is 61.5 cm³/mol. The third-order valence-electron chi connectivity index (χ3n) is 1.83. The molecule has 0 aliphatic heterocycles. The molecule has 0 bridgehead atoms. The van der Waals surface area contributed by atoms with Crippen LogP contribution >= 0.6 is 69.6 Å². The van der Waals surface area contributed by atoms with E-state index in [0.29, 0.717) is 0 Å². The van der Waals surface area contributed by atoms with Crippen LogP contribution in [0.2, 0.25) is 0 Å². The van der Waals surface area contributed by atoms with E-state index in [9.17, 15) is 0 Å². The predicted octanol–water partition coefficient (Wildman–Crippen LogP) is -6.17. The molecular weight excluding hydrogens is 459 g/mol. The number of halogens is 9. The van der Waals surface area contributed by atoms with Gasteiger partial charge in [-0.25, -0.2) is 0 Å². The minimum Gasteiger partial charge on any atom is -1.00 e. The second-order valence-electron chi connectivity index (χ2n) is 2.67. The van der Waals surface area contributed by atoms with Crippen molar-refractivity contribution in [3.05, 3.63) is 0 Å². The largest absolute Gasteiger partial charge is 3.00 e. The van der Waals surface area contributed by atoms with Crippen LogP contribution in [0.25, 0.3) is 0 Å². The molecule has 1 radical (unpaired) electrons. The number of alkyl halides is 6. The van der Waals surface area contributed by atoms with Gasteiger partial charge in [-0.2, -0.15) is 0 Å². The van der Waals surface area contributed by atoms with Crippen LogP contribution in [0.4, 0.5) is 0 Å². The molecule has 0 aromatic heterocycles. The molecule has 107 valence electrons. The Labute approximate surface area is 160 Å². The molecule has 0 atom stereocenters. The Kier molecular flexibility index (Phi) is 26.6. The summed E-state index contributed by atoms with van der Waals surface area (Å²) in [6.45, 7) is 0. The van der Waals surface area contributed by atoms with Crippen molar-refractivity contribution in [1.29, 1.82) is 0 Å². The van der Waals surface area contributed by atoms with E-state index in [1.165, 1.54) is 0 Å². The van der Waals surface area contributed by atoms with E-state index in [0.717, 1.165) is 0 Å². The van der Waals surface area contributed by atoms with Crippen molar-refractivity contribution in [2.75, 3.05) is 0 Å². The fraction of sp³-hybridized carbons (Fsp3) is 1.00. The van der Waals surface area contributed by atoms with Crippen molar-refractivity contribution in [3.8, 4) is 0 Å². The van der Waals surface area contributed by atoms with Crippen LogP contribution in [0.3, 0.4) is 0 Å². The van der Waals surface area contributed by atoms with E-state index >= 15 is 0 Å². The molecule has 1 saturated carbocycles. The van der Waals surface area contributed by atoms with Crippen LogP contribution < -0.4 is 37.2 Å². The maximum Gasteiger partial charge on any atom is 3.00 e. The molecule has 1 rings (SSSR count). The maximum atomic E-state index is 5.88. The average Bonchev–Trinajstić information content (AvgIpc) is 2.08. The molecule has 11 heteroatoms. The van der Waals surface area contributed by atoms with E-state index in [1.807, 2.05) is 0 Å². The molecule has 17 heavy (non-hydrogen) atoms. The van der Waals surface area contributed by atoms with Gasteiger partial charge in [0, 0.05) is 0 Å². The molecule has 0 spiro atoms. The summed E-state index contributed by atoms with van der Waals surface area (Å²) in [5, 5.41) is -2.62. The summed E-state index contributed by atoms with van der Waals surface area (Å²) >= 11 is 35.3. The zero-order chi connectivity index (χ0) is 9.46. The maximum absolute atomic E-state index is 5.88. The van der Waals surface area contributed by atoms with Gasteiger partial charge in [0.15, 0.2) is 0 Å². The summed E-state index contributed by atoms with van der Waals surface area (Å²) in [4.78, 5) is 0. The molecule has 0 amide bonds. The van der Waals surface area contributed by atoms with E-state index in [2.05, 4.69) is 0 Å². The molecule has 0 unspecified atom stereocenters. The second kappa shape index (κ2) is 14.1. The van der Waals surface area contributed by atoms with Crippen LogP contribution in [0.1, 0.15) is 0 Å². The second-order valence-corrected chi connectivity index (χ2v) is 5.69. The van der Waals surface area contributed by atoms with Gasteiger partial charge in [-0.05, 0) is 0 Å². The van der Waals surface area contributed by atoms with E-state index < -0.39 is 32.3 Å². The smallest absolute Gasteiger partial charge is 1.00 e. The van der Waals surface area contributed by atoms with Gasteiger partial charge in [-0.3, -0.25) is 0 Å². The Balaban J connectivity index is -0.0000000960. The first-order valence-corrected chi connectivity index (χ1v) is 5.93. The summed E-state index contributed by atoms with van der Waals surface area (Å²) in [7, 11) is 0. The van der Waals surface area contributed by atoms with Gasteiger partial charge < -0.3 is 42.7 Å². The van der Waals surface area contributed by atoms with Crippen molar-refractivity contribution in [2.24, 2.45) is 0 Å². The fourth-order valence-corrected chi connectivity index (χ4v) is 3.38. The number of rotatable bonds is 0. The van der Waals surface area contributed by atoms with Gasteiger partial charge in [0.2, 0.25) is 0 Å². The SMILES string of the molecule is ClC1C(Cl)C(Cl)C(Cl)C(Cl)C1Cl.O.[Cl-].[Cl-].[Cl-].[Cr+3]. The third-order valence-corrected chi connectivity index (χ3v) is 5.86. The van der Waals surface area contributed by atoms with Gasteiger partial charge in [-0.1, -0.05) is 0 Å². The van der Waals surface area contributed by atoms with Gasteiger partial charge in [0.05, 0.1) is 32.3 Å². The molecule has 1 fully saturated rings. The van der Waals surface area contributed by atoms with E-state index in [1.54, 1.807) is 0 Å². The fourth-order valence-electron chi connectivity index (χ4n) is 1.05. The Bertz CT molecular complexity index is 117. The molecule has 1 aliphatic rings. The molecule has 0 aromatic carbocycles. The Morgan fingerprint density at radius 1 is 0.412 bits per heavy atom. The van der Waals surface area contributed by atoms with E-state index in [4.69, 9.17) is 69.6 Å². The minimum atomic E-state index is -0.437. The number of hydrogen-bond acceptors (Lipinski definition) is 0. The van der Waals surface area contributed by atoms with Crippen LogP contribution in [0.5, 0.6) is 0 Å². The zero-order valence-corrected chi connectivity index (χ0v) is 15.9. The molecule has 2 N–H and O–H groups in total. The standard InChI is InChI=1S/C6H6Cl6.3ClH.Cr.H2O/c7-1-2(8)4(10)6(12)5(11)3(1)9;;;;;/h1-6H;3*1H;;1H2/q;;;;+3;/p-3. The Morgan fingerprint density at radius 3 is 0.529 bits per heavy atom. The molecule has 0 heterocycles. The van der Waals surface area contributed by atoms with Gasteiger partial charge in [0.25, 0.3) is 0 Å². The Morgan fingerprint density at radius 2 is 0.471 bits per heavy atom. The first kappa shape index (κ1) is 32.2. The summed E-state index contributed by atoms with van der Waals surface area (Å²) in [6, 6.07) is 0. The van der Waals surface area contributed by atoms with Crippen LogP contribution in [-0.4, -0.2) is 37.7 Å². The minimum absolute atomic E-state index is 0. The molecule has 1 nitrogen and oxygen atoms in total. The number of hydrogen-bond donors (Lipinski definition) is 0. The van der Waals surface area contributed by atoms with Crippen molar-refractivity contribution < 1.29 is 60.1 Å². The topological polar surface area (TPSA) is 31.5 Å². The molecule has 0 saturated heterocycles. The van der Waals surface area contributed by atoms with Crippen molar-refractivity contribution in [1.82, 2.24) is 0 Å². The monoisotopic (exact) mass is 463 g/mol. The van der Waals surface area contributed by atoms with Gasteiger partial charge >= 0.3 is 17.4 Å². The Hall–Kier alpha value is 3.10. The van der Waals surface area contributed by atoms with Crippen molar-refractivity contribution >= 4 is 69.6 Å². The summed E-state index contributed by atoms with van der Waals surface area (Å²) < 4.78 is 0. The summed E-state index contributed by atoms with van der Waals surface area (Å²) in [6.07, 6.45) is 0. The molecule has 1 aliphatic carbocycles. The van der Waals surface area contributed by atoms with Crippen molar-refractivity contribution in [3.63, 3.8) is 0 Å². The van der Waals surface area contributed by atoms with Crippen LogP contribution in [0, 0.1) is 0 Å². The first-order chi connectivity index (χ1) is 5.46. The van der Waals surface area contributed by atoms with Gasteiger partial charge in [-0.15, -0.1) is 69.6 Å². The first-order valence-electron chi connectivity index (χ1n) is 3.31. The quantitative estimate of drug-likeness (QED) is 0.318. The van der Waals surface area contributed by atoms with E-state index in [-0.39, 0.29) is 60.1 Å². The average molecular weight is 467 g/mol. The molecular formula is C6H8Cl9CrO. The van der Waals surface area contributed by atoms with Crippen LogP contribution in [-0.2, 0) is 17.4 Å².